The molecule has 1 aliphatic carbocycles. The largest absolute Gasteiger partial charge is 0.456 e. The number of hydrogen-bond acceptors (Lipinski definition) is 3. The first-order valence-corrected chi connectivity index (χ1v) is 5.63. The Hall–Kier alpha value is -0.830. The summed E-state index contributed by atoms with van der Waals surface area (Å²) >= 11 is 0. The maximum Gasteiger partial charge on any atom is 0.333 e. The molecule has 2 atom stereocenters. The highest BCUT2D eigenvalue weighted by Crippen LogP contribution is 2.24. The maximum atomic E-state index is 11.4. The second kappa shape index (κ2) is 5.91. The van der Waals surface area contributed by atoms with E-state index < -0.39 is 0 Å². The van der Waals surface area contributed by atoms with Crippen LogP contribution in [0.3, 0.4) is 0 Å². The summed E-state index contributed by atoms with van der Waals surface area (Å²) in [5, 5.41) is 0. The van der Waals surface area contributed by atoms with Gasteiger partial charge in [0.05, 0.1) is 6.10 Å². The van der Waals surface area contributed by atoms with E-state index in [1.807, 2.05) is 6.92 Å². The van der Waals surface area contributed by atoms with Crippen LogP contribution in [0.15, 0.2) is 12.2 Å². The highest BCUT2D eigenvalue weighted by Gasteiger charge is 2.28. The molecule has 1 saturated carbocycles. The van der Waals surface area contributed by atoms with Crippen molar-refractivity contribution in [2.45, 2.75) is 51.7 Å². The van der Waals surface area contributed by atoms with Gasteiger partial charge in [0.25, 0.3) is 0 Å². The molecule has 0 N–H and O–H groups in total. The Morgan fingerprint density at radius 3 is 2.47 bits per heavy atom. The molecule has 0 heterocycles. The van der Waals surface area contributed by atoms with Crippen molar-refractivity contribution in [1.29, 1.82) is 0 Å². The van der Waals surface area contributed by atoms with Crippen LogP contribution in [0.4, 0.5) is 0 Å². The first-order chi connectivity index (χ1) is 7.15. The molecule has 0 saturated heterocycles. The van der Waals surface area contributed by atoms with E-state index in [9.17, 15) is 4.79 Å². The molecule has 0 bridgehead atoms. The molecule has 0 spiro atoms. The lowest BCUT2D eigenvalue weighted by molar-refractivity contribution is -0.156. The minimum atomic E-state index is -0.299. The molecule has 1 aliphatic rings. The molecule has 1 fully saturated rings. The summed E-state index contributed by atoms with van der Waals surface area (Å²) in [5.74, 6) is -0.299. The standard InChI is InChI=1S/C12H20O3/c1-4-14-10-7-5-6-8-11(10)15-12(13)9(2)3/h10-11H,2,4-8H2,1,3H3. The third kappa shape index (κ3) is 3.67. The van der Waals surface area contributed by atoms with Gasteiger partial charge in [-0.25, -0.2) is 4.79 Å². The molecule has 1 rings (SSSR count). The lowest BCUT2D eigenvalue weighted by atomic mass is 9.94. The van der Waals surface area contributed by atoms with Crippen LogP contribution in [-0.2, 0) is 14.3 Å². The van der Waals surface area contributed by atoms with Crippen molar-refractivity contribution in [2.75, 3.05) is 6.61 Å². The zero-order chi connectivity index (χ0) is 11.3. The molecule has 15 heavy (non-hydrogen) atoms. The van der Waals surface area contributed by atoms with Gasteiger partial charge in [0.1, 0.15) is 6.10 Å². The van der Waals surface area contributed by atoms with Crippen molar-refractivity contribution in [1.82, 2.24) is 0 Å². The summed E-state index contributed by atoms with van der Waals surface area (Å²) < 4.78 is 10.9. The predicted molar refractivity (Wildman–Crippen MR) is 58.6 cm³/mol. The van der Waals surface area contributed by atoms with E-state index in [0.29, 0.717) is 12.2 Å². The van der Waals surface area contributed by atoms with Gasteiger partial charge in [-0.05, 0) is 33.1 Å². The molecule has 3 nitrogen and oxygen atoms in total. The van der Waals surface area contributed by atoms with Crippen molar-refractivity contribution in [2.24, 2.45) is 0 Å². The number of carbonyl (C=O) groups excluding carboxylic acids is 1. The molecule has 0 amide bonds. The van der Waals surface area contributed by atoms with Gasteiger partial charge in [-0.3, -0.25) is 0 Å². The van der Waals surface area contributed by atoms with Gasteiger partial charge in [0.15, 0.2) is 0 Å². The van der Waals surface area contributed by atoms with Crippen molar-refractivity contribution >= 4 is 5.97 Å². The Labute approximate surface area is 91.4 Å². The second-order valence-corrected chi connectivity index (χ2v) is 4.00. The monoisotopic (exact) mass is 212 g/mol. The van der Waals surface area contributed by atoms with E-state index in [0.717, 1.165) is 25.7 Å². The zero-order valence-corrected chi connectivity index (χ0v) is 9.62. The molecule has 3 heteroatoms. The van der Waals surface area contributed by atoms with Crippen LogP contribution in [0.5, 0.6) is 0 Å². The fourth-order valence-electron chi connectivity index (χ4n) is 1.84. The molecule has 86 valence electrons. The SMILES string of the molecule is C=C(C)C(=O)OC1CCCCC1OCC. The molecule has 2 unspecified atom stereocenters. The number of esters is 1. The Bertz CT molecular complexity index is 233. The van der Waals surface area contributed by atoms with Gasteiger partial charge >= 0.3 is 5.97 Å². The Morgan fingerprint density at radius 1 is 1.33 bits per heavy atom. The maximum absolute atomic E-state index is 11.4. The Balaban J connectivity index is 2.48. The van der Waals surface area contributed by atoms with E-state index in [2.05, 4.69) is 6.58 Å². The van der Waals surface area contributed by atoms with Crippen molar-refractivity contribution in [3.63, 3.8) is 0 Å². The van der Waals surface area contributed by atoms with Crippen LogP contribution in [0.25, 0.3) is 0 Å². The van der Waals surface area contributed by atoms with Crippen molar-refractivity contribution in [3.8, 4) is 0 Å². The van der Waals surface area contributed by atoms with E-state index in [1.54, 1.807) is 6.92 Å². The van der Waals surface area contributed by atoms with Gasteiger partial charge < -0.3 is 9.47 Å². The quantitative estimate of drug-likeness (QED) is 0.530. The summed E-state index contributed by atoms with van der Waals surface area (Å²) in [6.45, 7) is 7.88. The second-order valence-electron chi connectivity index (χ2n) is 4.00. The van der Waals surface area contributed by atoms with Gasteiger partial charge in [-0.2, -0.15) is 0 Å². The summed E-state index contributed by atoms with van der Waals surface area (Å²) in [5.41, 5.74) is 0.454. The van der Waals surface area contributed by atoms with Crippen molar-refractivity contribution in [3.05, 3.63) is 12.2 Å². The normalized spacial score (nSPS) is 26.0. The van der Waals surface area contributed by atoms with E-state index >= 15 is 0 Å². The molecule has 0 aromatic rings. The molecule has 0 aromatic carbocycles. The number of ether oxygens (including phenoxy) is 2. The molecule has 0 aromatic heterocycles. The summed E-state index contributed by atoms with van der Waals surface area (Å²) in [6, 6.07) is 0. The summed E-state index contributed by atoms with van der Waals surface area (Å²) in [6.07, 6.45) is 4.16. The average molecular weight is 212 g/mol. The van der Waals surface area contributed by atoms with E-state index in [-0.39, 0.29) is 18.2 Å². The van der Waals surface area contributed by atoms with Gasteiger partial charge in [0.2, 0.25) is 0 Å². The van der Waals surface area contributed by atoms with Crippen LogP contribution in [-0.4, -0.2) is 24.8 Å². The van der Waals surface area contributed by atoms with Crippen LogP contribution in [0.1, 0.15) is 39.5 Å². The third-order valence-electron chi connectivity index (χ3n) is 2.63. The first-order valence-electron chi connectivity index (χ1n) is 5.63. The lowest BCUT2D eigenvalue weighted by Gasteiger charge is -2.30. The average Bonchev–Trinajstić information content (AvgIpc) is 2.21. The topological polar surface area (TPSA) is 35.5 Å². The first kappa shape index (κ1) is 12.2. The molecular weight excluding hydrogens is 192 g/mol. The minimum Gasteiger partial charge on any atom is -0.456 e. The predicted octanol–water partition coefficient (Wildman–Crippen LogP) is 2.45. The van der Waals surface area contributed by atoms with Gasteiger partial charge in [-0.1, -0.05) is 13.0 Å². The highest BCUT2D eigenvalue weighted by atomic mass is 16.6. The highest BCUT2D eigenvalue weighted by molar-refractivity contribution is 5.87. The van der Waals surface area contributed by atoms with Crippen LogP contribution < -0.4 is 0 Å². The molecule has 0 aliphatic heterocycles. The zero-order valence-electron chi connectivity index (χ0n) is 9.62. The van der Waals surface area contributed by atoms with Crippen LogP contribution >= 0.6 is 0 Å². The summed E-state index contributed by atoms with van der Waals surface area (Å²) in [4.78, 5) is 11.4. The van der Waals surface area contributed by atoms with Crippen molar-refractivity contribution < 1.29 is 14.3 Å². The fourth-order valence-corrected chi connectivity index (χ4v) is 1.84. The lowest BCUT2D eigenvalue weighted by Crippen LogP contribution is -2.36. The van der Waals surface area contributed by atoms with Gasteiger partial charge in [0, 0.05) is 12.2 Å². The number of hydrogen-bond donors (Lipinski definition) is 0. The molecular formula is C12H20O3. The number of carbonyl (C=O) groups is 1. The third-order valence-corrected chi connectivity index (χ3v) is 2.63. The summed E-state index contributed by atoms with van der Waals surface area (Å²) in [7, 11) is 0. The van der Waals surface area contributed by atoms with E-state index in [4.69, 9.17) is 9.47 Å². The minimum absolute atomic E-state index is 0.0760. The van der Waals surface area contributed by atoms with Crippen LogP contribution in [0, 0.1) is 0 Å². The van der Waals surface area contributed by atoms with Crippen LogP contribution in [0.2, 0.25) is 0 Å². The van der Waals surface area contributed by atoms with Gasteiger partial charge in [-0.15, -0.1) is 0 Å². The smallest absolute Gasteiger partial charge is 0.333 e. The van der Waals surface area contributed by atoms with E-state index in [1.165, 1.54) is 0 Å². The Morgan fingerprint density at radius 2 is 1.93 bits per heavy atom. The fraction of sp³-hybridized carbons (Fsp3) is 0.750. The molecule has 0 radical (unpaired) electrons. The Kier molecular flexibility index (Phi) is 4.82. The number of rotatable bonds is 4.